The third-order valence-electron chi connectivity index (χ3n) is 3.44. The normalized spacial score (nSPS) is 14.0. The molecule has 0 fully saturated rings. The van der Waals surface area contributed by atoms with Crippen molar-refractivity contribution in [3.05, 3.63) is 47.0 Å². The molecule has 0 radical (unpaired) electrons. The number of aromatic nitrogens is 2. The number of imidazole rings is 1. The molecule has 3 rings (SSSR count). The number of rotatable bonds is 2. The quantitative estimate of drug-likeness (QED) is 0.852. The molecule has 0 bridgehead atoms. The Morgan fingerprint density at radius 3 is 3.05 bits per heavy atom. The van der Waals surface area contributed by atoms with Gasteiger partial charge in [0.15, 0.2) is 0 Å². The van der Waals surface area contributed by atoms with Gasteiger partial charge in [0.05, 0.1) is 31.2 Å². The maximum absolute atomic E-state index is 12.6. The van der Waals surface area contributed by atoms with Crippen molar-refractivity contribution in [2.24, 2.45) is 0 Å². The minimum absolute atomic E-state index is 0.0724. The molecular formula is C14H14ClN3O2. The Morgan fingerprint density at radius 1 is 1.40 bits per heavy atom. The van der Waals surface area contributed by atoms with Gasteiger partial charge >= 0.3 is 0 Å². The highest BCUT2D eigenvalue weighted by atomic mass is 35.5. The van der Waals surface area contributed by atoms with Crippen LogP contribution in [0.1, 0.15) is 16.1 Å². The molecule has 0 N–H and O–H groups in total. The molecule has 104 valence electrons. The molecule has 1 aromatic carbocycles. The summed E-state index contributed by atoms with van der Waals surface area (Å²) in [5, 5.41) is 0.524. The first-order valence-corrected chi connectivity index (χ1v) is 6.68. The summed E-state index contributed by atoms with van der Waals surface area (Å²) in [5.74, 6) is 0.468. The molecule has 1 aliphatic heterocycles. The van der Waals surface area contributed by atoms with Crippen LogP contribution in [0.3, 0.4) is 0 Å². The molecule has 0 aliphatic carbocycles. The van der Waals surface area contributed by atoms with Gasteiger partial charge in [-0.25, -0.2) is 4.98 Å². The number of nitrogens with zero attached hydrogens (tertiary/aromatic N) is 3. The van der Waals surface area contributed by atoms with Gasteiger partial charge in [0.25, 0.3) is 5.91 Å². The van der Waals surface area contributed by atoms with Crippen molar-refractivity contribution >= 4 is 17.5 Å². The lowest BCUT2D eigenvalue weighted by molar-refractivity contribution is 0.0708. The van der Waals surface area contributed by atoms with E-state index in [0.717, 1.165) is 12.2 Å². The summed E-state index contributed by atoms with van der Waals surface area (Å²) in [5.41, 5.74) is 1.53. The largest absolute Gasteiger partial charge is 0.496 e. The number of fused-ring (bicyclic) bond motifs is 1. The second kappa shape index (κ2) is 5.17. The van der Waals surface area contributed by atoms with Gasteiger partial charge in [-0.1, -0.05) is 11.6 Å². The van der Waals surface area contributed by atoms with Crippen molar-refractivity contribution in [2.45, 2.75) is 13.1 Å². The number of amides is 1. The topological polar surface area (TPSA) is 47.4 Å². The summed E-state index contributed by atoms with van der Waals surface area (Å²) < 4.78 is 7.30. The molecular weight excluding hydrogens is 278 g/mol. The van der Waals surface area contributed by atoms with Gasteiger partial charge in [-0.3, -0.25) is 4.79 Å². The highest BCUT2D eigenvalue weighted by Gasteiger charge is 2.24. The molecule has 1 amide bonds. The van der Waals surface area contributed by atoms with Crippen LogP contribution in [0.5, 0.6) is 5.75 Å². The molecule has 0 saturated carbocycles. The van der Waals surface area contributed by atoms with Crippen LogP contribution in [0.2, 0.25) is 5.02 Å². The fourth-order valence-electron chi connectivity index (χ4n) is 2.38. The van der Waals surface area contributed by atoms with Crippen molar-refractivity contribution in [3.8, 4) is 5.75 Å². The van der Waals surface area contributed by atoms with Gasteiger partial charge in [0.2, 0.25) is 0 Å². The van der Waals surface area contributed by atoms with Gasteiger partial charge < -0.3 is 14.2 Å². The van der Waals surface area contributed by atoms with E-state index in [1.54, 1.807) is 42.7 Å². The number of benzene rings is 1. The van der Waals surface area contributed by atoms with E-state index in [2.05, 4.69) is 9.55 Å². The zero-order valence-corrected chi connectivity index (χ0v) is 11.8. The first-order chi connectivity index (χ1) is 9.69. The van der Waals surface area contributed by atoms with Crippen LogP contribution in [0.4, 0.5) is 0 Å². The van der Waals surface area contributed by atoms with Crippen molar-refractivity contribution in [1.82, 2.24) is 14.5 Å². The van der Waals surface area contributed by atoms with Gasteiger partial charge in [-0.05, 0) is 18.2 Å². The zero-order chi connectivity index (χ0) is 14.1. The van der Waals surface area contributed by atoms with Crippen molar-refractivity contribution in [2.75, 3.05) is 13.7 Å². The third-order valence-corrected chi connectivity index (χ3v) is 3.68. The number of carbonyl (C=O) groups excluding carboxylic acids is 1. The number of carbonyl (C=O) groups is 1. The minimum atomic E-state index is -0.0724. The number of hydrogen-bond acceptors (Lipinski definition) is 3. The molecule has 2 aromatic rings. The van der Waals surface area contributed by atoms with Gasteiger partial charge in [-0.15, -0.1) is 0 Å². The van der Waals surface area contributed by atoms with E-state index in [1.165, 1.54) is 0 Å². The van der Waals surface area contributed by atoms with Crippen LogP contribution in [0.15, 0.2) is 30.7 Å². The van der Waals surface area contributed by atoms with E-state index in [9.17, 15) is 4.79 Å². The molecule has 5 nitrogen and oxygen atoms in total. The SMILES string of the molecule is COc1ccc(Cl)cc1C(=O)N1CCn2cncc2C1. The summed E-state index contributed by atoms with van der Waals surface area (Å²) in [6, 6.07) is 5.07. The Morgan fingerprint density at radius 2 is 2.25 bits per heavy atom. The maximum atomic E-state index is 12.6. The zero-order valence-electron chi connectivity index (χ0n) is 11.0. The van der Waals surface area contributed by atoms with Crippen LogP contribution >= 0.6 is 11.6 Å². The van der Waals surface area contributed by atoms with Crippen LogP contribution in [0.25, 0.3) is 0 Å². The average molecular weight is 292 g/mol. The van der Waals surface area contributed by atoms with E-state index in [1.807, 2.05) is 0 Å². The second-order valence-corrected chi connectivity index (χ2v) is 5.09. The summed E-state index contributed by atoms with van der Waals surface area (Å²) in [7, 11) is 1.55. The van der Waals surface area contributed by atoms with Gasteiger partial charge in [0.1, 0.15) is 5.75 Å². The Bertz CT molecular complexity index is 654. The fraction of sp³-hybridized carbons (Fsp3) is 0.286. The molecule has 0 saturated heterocycles. The second-order valence-electron chi connectivity index (χ2n) is 4.65. The fourth-order valence-corrected chi connectivity index (χ4v) is 2.55. The molecule has 0 spiro atoms. The number of halogens is 1. The Balaban J connectivity index is 1.88. The first-order valence-electron chi connectivity index (χ1n) is 6.31. The molecule has 2 heterocycles. The molecule has 20 heavy (non-hydrogen) atoms. The summed E-state index contributed by atoms with van der Waals surface area (Å²) in [6.07, 6.45) is 3.58. The van der Waals surface area contributed by atoms with E-state index >= 15 is 0 Å². The van der Waals surface area contributed by atoms with Crippen LogP contribution in [-0.2, 0) is 13.1 Å². The monoisotopic (exact) mass is 291 g/mol. The Labute approximate surface area is 121 Å². The Kier molecular flexibility index (Phi) is 3.36. The van der Waals surface area contributed by atoms with Crippen molar-refractivity contribution < 1.29 is 9.53 Å². The van der Waals surface area contributed by atoms with Crippen LogP contribution in [-0.4, -0.2) is 34.0 Å². The smallest absolute Gasteiger partial charge is 0.258 e. The molecule has 1 aromatic heterocycles. The van der Waals surface area contributed by atoms with Gasteiger partial charge in [-0.2, -0.15) is 0 Å². The predicted molar refractivity (Wildman–Crippen MR) is 75.0 cm³/mol. The molecule has 0 atom stereocenters. The van der Waals surface area contributed by atoms with E-state index < -0.39 is 0 Å². The summed E-state index contributed by atoms with van der Waals surface area (Å²) in [6.45, 7) is 1.95. The molecule has 0 unspecified atom stereocenters. The van der Waals surface area contributed by atoms with Crippen LogP contribution in [0, 0.1) is 0 Å². The lowest BCUT2D eigenvalue weighted by Crippen LogP contribution is -2.38. The summed E-state index contributed by atoms with van der Waals surface area (Å²) >= 11 is 5.98. The third kappa shape index (κ3) is 2.25. The van der Waals surface area contributed by atoms with E-state index in [-0.39, 0.29) is 5.91 Å². The standard InChI is InChI=1S/C14H14ClN3O2/c1-20-13-3-2-10(15)6-12(13)14(19)17-4-5-18-9-16-7-11(18)8-17/h2-3,6-7,9H,4-5,8H2,1H3. The number of ether oxygens (including phenoxy) is 1. The first kappa shape index (κ1) is 13.0. The lowest BCUT2D eigenvalue weighted by Gasteiger charge is -2.28. The molecule has 1 aliphatic rings. The van der Waals surface area contributed by atoms with E-state index in [4.69, 9.17) is 16.3 Å². The number of hydrogen-bond donors (Lipinski definition) is 0. The van der Waals surface area contributed by atoms with Crippen molar-refractivity contribution in [3.63, 3.8) is 0 Å². The van der Waals surface area contributed by atoms with Crippen molar-refractivity contribution in [1.29, 1.82) is 0 Å². The minimum Gasteiger partial charge on any atom is -0.496 e. The highest BCUT2D eigenvalue weighted by Crippen LogP contribution is 2.25. The van der Waals surface area contributed by atoms with E-state index in [0.29, 0.717) is 29.4 Å². The Hall–Kier alpha value is -2.01. The maximum Gasteiger partial charge on any atom is 0.258 e. The molecule has 6 heteroatoms. The van der Waals surface area contributed by atoms with Gasteiger partial charge in [0, 0.05) is 24.3 Å². The lowest BCUT2D eigenvalue weighted by atomic mass is 10.1. The summed E-state index contributed by atoms with van der Waals surface area (Å²) in [4.78, 5) is 18.5. The number of methoxy groups -OCH3 is 1. The predicted octanol–water partition coefficient (Wildman–Crippen LogP) is 2.20. The average Bonchev–Trinajstić information content (AvgIpc) is 2.93. The van der Waals surface area contributed by atoms with Crippen LogP contribution < -0.4 is 4.74 Å². The highest BCUT2D eigenvalue weighted by molar-refractivity contribution is 6.31.